The standard InChI is InChI=1S/C15H21Cl/c1-11-7-12(2)9-14(8-11)13-5-3-4-6-15(16)10-13/h7-9,13,15H,3-6,10H2,1-2H3. The van der Waals surface area contributed by atoms with Gasteiger partial charge in [-0.2, -0.15) is 0 Å². The second-order valence-corrected chi connectivity index (χ2v) is 5.85. The molecule has 0 amide bonds. The summed E-state index contributed by atoms with van der Waals surface area (Å²) >= 11 is 6.35. The SMILES string of the molecule is Cc1cc(C)cc(C2CCCCC(Cl)C2)c1. The topological polar surface area (TPSA) is 0 Å². The molecule has 0 radical (unpaired) electrons. The van der Waals surface area contributed by atoms with Crippen molar-refractivity contribution >= 4 is 11.6 Å². The Balaban J connectivity index is 2.21. The molecule has 1 aliphatic carbocycles. The van der Waals surface area contributed by atoms with Gasteiger partial charge in [0.05, 0.1) is 0 Å². The van der Waals surface area contributed by atoms with Crippen molar-refractivity contribution in [1.29, 1.82) is 0 Å². The Morgan fingerprint density at radius 3 is 2.31 bits per heavy atom. The van der Waals surface area contributed by atoms with Gasteiger partial charge in [0.15, 0.2) is 0 Å². The number of benzene rings is 1. The smallest absolute Gasteiger partial charge is 0.0341 e. The van der Waals surface area contributed by atoms with Gasteiger partial charge in [-0.15, -0.1) is 11.6 Å². The van der Waals surface area contributed by atoms with Crippen LogP contribution in [0.3, 0.4) is 0 Å². The van der Waals surface area contributed by atoms with Crippen molar-refractivity contribution in [2.45, 2.75) is 57.2 Å². The zero-order valence-corrected chi connectivity index (χ0v) is 11.1. The van der Waals surface area contributed by atoms with Crippen molar-refractivity contribution < 1.29 is 0 Å². The van der Waals surface area contributed by atoms with Crippen molar-refractivity contribution in [3.05, 3.63) is 34.9 Å². The van der Waals surface area contributed by atoms with Crippen LogP contribution in [-0.2, 0) is 0 Å². The summed E-state index contributed by atoms with van der Waals surface area (Å²) in [7, 11) is 0. The summed E-state index contributed by atoms with van der Waals surface area (Å²) in [5.41, 5.74) is 4.26. The maximum absolute atomic E-state index is 6.35. The van der Waals surface area contributed by atoms with E-state index in [4.69, 9.17) is 11.6 Å². The van der Waals surface area contributed by atoms with Crippen LogP contribution in [0.4, 0.5) is 0 Å². The maximum atomic E-state index is 6.35. The van der Waals surface area contributed by atoms with E-state index in [1.54, 1.807) is 0 Å². The van der Waals surface area contributed by atoms with Crippen molar-refractivity contribution in [3.8, 4) is 0 Å². The van der Waals surface area contributed by atoms with Crippen LogP contribution < -0.4 is 0 Å². The lowest BCUT2D eigenvalue weighted by molar-refractivity contribution is 0.595. The molecule has 1 aliphatic rings. The Labute approximate surface area is 104 Å². The van der Waals surface area contributed by atoms with Crippen molar-refractivity contribution in [3.63, 3.8) is 0 Å². The third-order valence-electron chi connectivity index (χ3n) is 3.58. The van der Waals surface area contributed by atoms with Gasteiger partial charge in [-0.3, -0.25) is 0 Å². The minimum absolute atomic E-state index is 0.383. The van der Waals surface area contributed by atoms with Crippen LogP contribution in [0.5, 0.6) is 0 Å². The molecule has 88 valence electrons. The van der Waals surface area contributed by atoms with Gasteiger partial charge >= 0.3 is 0 Å². The van der Waals surface area contributed by atoms with Gasteiger partial charge in [-0.05, 0) is 44.6 Å². The molecule has 2 atom stereocenters. The van der Waals surface area contributed by atoms with Gasteiger partial charge in [-0.1, -0.05) is 42.2 Å². The van der Waals surface area contributed by atoms with Crippen LogP contribution in [-0.4, -0.2) is 5.38 Å². The summed E-state index contributed by atoms with van der Waals surface area (Å²) in [6, 6.07) is 6.93. The molecule has 0 N–H and O–H groups in total. The lowest BCUT2D eigenvalue weighted by Crippen LogP contribution is -2.04. The fourth-order valence-electron chi connectivity index (χ4n) is 2.85. The molecule has 2 rings (SSSR count). The van der Waals surface area contributed by atoms with Gasteiger partial charge in [0.2, 0.25) is 0 Å². The molecule has 1 aromatic carbocycles. The van der Waals surface area contributed by atoms with E-state index in [0.29, 0.717) is 11.3 Å². The minimum atomic E-state index is 0.383. The van der Waals surface area contributed by atoms with Crippen LogP contribution in [0.25, 0.3) is 0 Å². The van der Waals surface area contributed by atoms with Crippen LogP contribution in [0.2, 0.25) is 0 Å². The first kappa shape index (κ1) is 12.0. The average Bonchev–Trinajstić information content (AvgIpc) is 2.41. The molecular formula is C15H21Cl. The van der Waals surface area contributed by atoms with Crippen LogP contribution in [0.15, 0.2) is 18.2 Å². The van der Waals surface area contributed by atoms with E-state index in [0.717, 1.165) is 6.42 Å². The summed E-state index contributed by atoms with van der Waals surface area (Å²) in [6.07, 6.45) is 6.30. The Kier molecular flexibility index (Phi) is 3.91. The lowest BCUT2D eigenvalue weighted by atomic mass is 9.90. The highest BCUT2D eigenvalue weighted by atomic mass is 35.5. The Morgan fingerprint density at radius 2 is 1.62 bits per heavy atom. The molecule has 1 fully saturated rings. The molecule has 0 spiro atoms. The fraction of sp³-hybridized carbons (Fsp3) is 0.600. The van der Waals surface area contributed by atoms with E-state index in [-0.39, 0.29) is 0 Å². The second-order valence-electron chi connectivity index (χ2n) is 5.24. The molecule has 2 unspecified atom stereocenters. The van der Waals surface area contributed by atoms with E-state index < -0.39 is 0 Å². The van der Waals surface area contributed by atoms with Gasteiger partial charge in [-0.25, -0.2) is 0 Å². The van der Waals surface area contributed by atoms with Gasteiger partial charge in [0.1, 0.15) is 0 Å². The first-order chi connectivity index (χ1) is 7.65. The highest BCUT2D eigenvalue weighted by molar-refractivity contribution is 6.20. The van der Waals surface area contributed by atoms with E-state index in [9.17, 15) is 0 Å². The third-order valence-corrected chi connectivity index (χ3v) is 3.97. The second kappa shape index (κ2) is 5.23. The Morgan fingerprint density at radius 1 is 1.00 bits per heavy atom. The molecule has 0 aromatic heterocycles. The summed E-state index contributed by atoms with van der Waals surface area (Å²) in [5, 5.41) is 0.383. The number of aryl methyl sites for hydroxylation is 2. The van der Waals surface area contributed by atoms with E-state index in [2.05, 4.69) is 32.0 Å². The number of halogens is 1. The molecule has 1 saturated carbocycles. The van der Waals surface area contributed by atoms with Gasteiger partial charge in [0.25, 0.3) is 0 Å². The van der Waals surface area contributed by atoms with Crippen molar-refractivity contribution in [2.24, 2.45) is 0 Å². The Bertz CT molecular complexity index is 336. The van der Waals surface area contributed by atoms with Crippen LogP contribution >= 0.6 is 11.6 Å². The summed E-state index contributed by atoms with van der Waals surface area (Å²) in [4.78, 5) is 0. The quantitative estimate of drug-likeness (QED) is 0.478. The van der Waals surface area contributed by atoms with Gasteiger partial charge in [0, 0.05) is 5.38 Å². The molecule has 0 nitrogen and oxygen atoms in total. The van der Waals surface area contributed by atoms with E-state index >= 15 is 0 Å². The first-order valence-electron chi connectivity index (χ1n) is 6.37. The highest BCUT2D eigenvalue weighted by Gasteiger charge is 2.20. The lowest BCUT2D eigenvalue weighted by Gasteiger charge is -2.17. The van der Waals surface area contributed by atoms with Crippen LogP contribution in [0.1, 0.15) is 54.7 Å². The zero-order valence-electron chi connectivity index (χ0n) is 10.3. The largest absolute Gasteiger partial charge is 0.123 e. The van der Waals surface area contributed by atoms with Crippen LogP contribution in [0, 0.1) is 13.8 Å². The number of rotatable bonds is 1. The number of alkyl halides is 1. The minimum Gasteiger partial charge on any atom is -0.123 e. The summed E-state index contributed by atoms with van der Waals surface area (Å²) in [6.45, 7) is 4.37. The first-order valence-corrected chi connectivity index (χ1v) is 6.81. The van der Waals surface area contributed by atoms with Crippen molar-refractivity contribution in [2.75, 3.05) is 0 Å². The maximum Gasteiger partial charge on any atom is 0.0341 e. The molecule has 0 saturated heterocycles. The molecule has 0 bridgehead atoms. The highest BCUT2D eigenvalue weighted by Crippen LogP contribution is 2.34. The third kappa shape index (κ3) is 3.01. The number of hydrogen-bond donors (Lipinski definition) is 0. The van der Waals surface area contributed by atoms with Crippen molar-refractivity contribution in [1.82, 2.24) is 0 Å². The molecule has 1 heteroatoms. The average molecular weight is 237 g/mol. The van der Waals surface area contributed by atoms with E-state index in [1.165, 1.54) is 42.4 Å². The predicted octanol–water partition coefficient (Wildman–Crippen LogP) is 4.96. The summed E-state index contributed by atoms with van der Waals surface area (Å²) in [5.74, 6) is 0.684. The molecule has 0 aliphatic heterocycles. The molecule has 1 aromatic rings. The fourth-order valence-corrected chi connectivity index (χ4v) is 3.22. The van der Waals surface area contributed by atoms with E-state index in [1.807, 2.05) is 0 Å². The normalized spacial score (nSPS) is 26.4. The zero-order chi connectivity index (χ0) is 11.5. The molecule has 16 heavy (non-hydrogen) atoms. The monoisotopic (exact) mass is 236 g/mol. The Hall–Kier alpha value is -0.490. The number of hydrogen-bond acceptors (Lipinski definition) is 0. The summed E-state index contributed by atoms with van der Waals surface area (Å²) < 4.78 is 0. The molecular weight excluding hydrogens is 216 g/mol. The van der Waals surface area contributed by atoms with Gasteiger partial charge < -0.3 is 0 Å². The predicted molar refractivity (Wildman–Crippen MR) is 71.4 cm³/mol. The molecule has 0 heterocycles.